The summed E-state index contributed by atoms with van der Waals surface area (Å²) in [6, 6.07) is 11.4. The van der Waals surface area contributed by atoms with Crippen molar-refractivity contribution in [3.63, 3.8) is 0 Å². The average molecular weight is 301 g/mol. The second-order valence-electron chi connectivity index (χ2n) is 6.64. The molecule has 1 aromatic heterocycles. The van der Waals surface area contributed by atoms with Crippen LogP contribution in [0.2, 0.25) is 0 Å². The number of nitrogens with one attached hydrogen (secondary N) is 1. The highest BCUT2D eigenvalue weighted by atomic mass is 32.1. The number of benzene rings is 1. The summed E-state index contributed by atoms with van der Waals surface area (Å²) in [5, 5.41) is 3.46. The molecule has 3 heteroatoms. The Labute approximate surface area is 131 Å². The second kappa shape index (κ2) is 5.47. The van der Waals surface area contributed by atoms with Crippen LogP contribution in [0.25, 0.3) is 0 Å². The van der Waals surface area contributed by atoms with Crippen LogP contribution in [0.4, 0.5) is 0 Å². The van der Waals surface area contributed by atoms with Gasteiger partial charge in [-0.25, -0.2) is 0 Å². The van der Waals surface area contributed by atoms with E-state index in [-0.39, 0.29) is 11.5 Å². The minimum atomic E-state index is 0.215. The van der Waals surface area contributed by atoms with E-state index in [0.29, 0.717) is 0 Å². The summed E-state index contributed by atoms with van der Waals surface area (Å²) in [6.07, 6.45) is 1.03. The lowest BCUT2D eigenvalue weighted by Gasteiger charge is -2.18. The van der Waals surface area contributed by atoms with Crippen molar-refractivity contribution >= 4 is 11.3 Å². The largest absolute Gasteiger partial charge is 0.493 e. The Balaban J connectivity index is 1.93. The van der Waals surface area contributed by atoms with Crippen LogP contribution in [0, 0.1) is 0 Å². The van der Waals surface area contributed by atoms with Crippen molar-refractivity contribution in [2.24, 2.45) is 0 Å². The maximum absolute atomic E-state index is 5.60. The number of fused-ring (bicyclic) bond motifs is 1. The first-order chi connectivity index (χ1) is 9.99. The molecule has 1 aromatic carbocycles. The van der Waals surface area contributed by atoms with Gasteiger partial charge in [-0.2, -0.15) is 0 Å². The molecule has 0 saturated carbocycles. The minimum Gasteiger partial charge on any atom is -0.493 e. The van der Waals surface area contributed by atoms with E-state index in [0.717, 1.165) is 18.8 Å². The molecule has 3 rings (SSSR count). The van der Waals surface area contributed by atoms with Crippen molar-refractivity contribution in [1.82, 2.24) is 5.32 Å². The Bertz CT molecular complexity index is 639. The Kier molecular flexibility index (Phi) is 3.80. The molecule has 1 atom stereocenters. The summed E-state index contributed by atoms with van der Waals surface area (Å²) in [5.74, 6) is 1.05. The summed E-state index contributed by atoms with van der Waals surface area (Å²) in [6.45, 7) is 7.62. The van der Waals surface area contributed by atoms with Gasteiger partial charge < -0.3 is 10.1 Å². The molecule has 2 nitrogen and oxygen atoms in total. The smallest absolute Gasteiger partial charge is 0.122 e. The molecule has 0 bridgehead atoms. The van der Waals surface area contributed by atoms with Crippen LogP contribution in [0.15, 0.2) is 30.3 Å². The van der Waals surface area contributed by atoms with Crippen molar-refractivity contribution in [1.29, 1.82) is 0 Å². The lowest BCUT2D eigenvalue weighted by atomic mass is 9.95. The number of ether oxygens (including phenoxy) is 1. The molecule has 1 aliphatic heterocycles. The van der Waals surface area contributed by atoms with Gasteiger partial charge in [0.2, 0.25) is 0 Å². The third kappa shape index (κ3) is 2.85. The molecule has 0 radical (unpaired) electrons. The van der Waals surface area contributed by atoms with Crippen molar-refractivity contribution in [3.8, 4) is 5.75 Å². The third-order valence-electron chi connectivity index (χ3n) is 3.99. The van der Waals surface area contributed by atoms with Gasteiger partial charge in [0.1, 0.15) is 5.75 Å². The van der Waals surface area contributed by atoms with Gasteiger partial charge in [-0.05, 0) is 41.8 Å². The van der Waals surface area contributed by atoms with Crippen molar-refractivity contribution in [2.75, 3.05) is 13.7 Å². The van der Waals surface area contributed by atoms with Gasteiger partial charge >= 0.3 is 0 Å². The standard InChI is InChI=1S/C18H23NOS/c1-18(2,3)16-8-7-15(21-16)17(19-4)13-5-6-14-12(11-13)9-10-20-14/h5-8,11,17,19H,9-10H2,1-4H3. The van der Waals surface area contributed by atoms with E-state index in [4.69, 9.17) is 4.74 Å². The predicted octanol–water partition coefficient (Wildman–Crippen LogP) is 4.29. The van der Waals surface area contributed by atoms with E-state index >= 15 is 0 Å². The molecule has 1 N–H and O–H groups in total. The van der Waals surface area contributed by atoms with E-state index in [1.54, 1.807) is 0 Å². The van der Waals surface area contributed by atoms with Gasteiger partial charge in [-0.15, -0.1) is 11.3 Å². The van der Waals surface area contributed by atoms with Crippen LogP contribution in [-0.2, 0) is 11.8 Å². The molecule has 0 aliphatic carbocycles. The monoisotopic (exact) mass is 301 g/mol. The topological polar surface area (TPSA) is 21.3 Å². The zero-order valence-corrected chi connectivity index (χ0v) is 14.0. The van der Waals surface area contributed by atoms with Gasteiger partial charge in [0.15, 0.2) is 0 Å². The van der Waals surface area contributed by atoms with Gasteiger partial charge in [-0.1, -0.05) is 32.9 Å². The molecule has 0 amide bonds. The molecule has 0 spiro atoms. The van der Waals surface area contributed by atoms with Crippen LogP contribution in [0.1, 0.15) is 47.7 Å². The first-order valence-electron chi connectivity index (χ1n) is 7.52. The van der Waals surface area contributed by atoms with E-state index < -0.39 is 0 Å². The van der Waals surface area contributed by atoms with E-state index in [9.17, 15) is 0 Å². The lowest BCUT2D eigenvalue weighted by Crippen LogP contribution is -2.16. The molecule has 2 aromatic rings. The summed E-state index contributed by atoms with van der Waals surface area (Å²) >= 11 is 1.91. The Morgan fingerprint density at radius 2 is 2.00 bits per heavy atom. The fourth-order valence-corrected chi connectivity index (χ4v) is 3.97. The maximum atomic E-state index is 5.60. The second-order valence-corrected chi connectivity index (χ2v) is 7.75. The minimum absolute atomic E-state index is 0.215. The Morgan fingerprint density at radius 1 is 1.19 bits per heavy atom. The Morgan fingerprint density at radius 3 is 2.67 bits per heavy atom. The van der Waals surface area contributed by atoms with Crippen LogP contribution < -0.4 is 10.1 Å². The zero-order chi connectivity index (χ0) is 15.0. The number of hydrogen-bond donors (Lipinski definition) is 1. The van der Waals surface area contributed by atoms with E-state index in [2.05, 4.69) is 56.4 Å². The molecule has 1 unspecified atom stereocenters. The van der Waals surface area contributed by atoms with Crippen molar-refractivity contribution in [2.45, 2.75) is 38.6 Å². The highest BCUT2D eigenvalue weighted by Crippen LogP contribution is 2.36. The summed E-state index contributed by atoms with van der Waals surface area (Å²) in [5.41, 5.74) is 2.87. The SMILES string of the molecule is CNC(c1ccc2c(c1)CCO2)c1ccc(C(C)(C)C)s1. The number of hydrogen-bond acceptors (Lipinski definition) is 3. The molecule has 0 saturated heterocycles. The van der Waals surface area contributed by atoms with E-state index in [1.165, 1.54) is 20.9 Å². The first kappa shape index (κ1) is 14.6. The number of thiophene rings is 1. The molecular formula is C18H23NOS. The van der Waals surface area contributed by atoms with Crippen LogP contribution in [0.5, 0.6) is 5.75 Å². The third-order valence-corrected chi connectivity index (χ3v) is 5.56. The summed E-state index contributed by atoms with van der Waals surface area (Å²) < 4.78 is 5.60. The average Bonchev–Trinajstić information content (AvgIpc) is 3.06. The molecule has 112 valence electrons. The molecule has 2 heterocycles. The zero-order valence-electron chi connectivity index (χ0n) is 13.2. The molecule has 21 heavy (non-hydrogen) atoms. The lowest BCUT2D eigenvalue weighted by molar-refractivity contribution is 0.357. The van der Waals surface area contributed by atoms with E-state index in [1.807, 2.05) is 18.4 Å². The van der Waals surface area contributed by atoms with Crippen LogP contribution >= 0.6 is 11.3 Å². The predicted molar refractivity (Wildman–Crippen MR) is 89.6 cm³/mol. The maximum Gasteiger partial charge on any atom is 0.122 e. The van der Waals surface area contributed by atoms with Gasteiger partial charge in [0, 0.05) is 16.2 Å². The highest BCUT2D eigenvalue weighted by molar-refractivity contribution is 7.12. The normalized spacial score (nSPS) is 15.6. The van der Waals surface area contributed by atoms with Gasteiger partial charge in [0.05, 0.1) is 12.6 Å². The Hall–Kier alpha value is -1.32. The molecule has 1 aliphatic rings. The molecule has 0 fully saturated rings. The van der Waals surface area contributed by atoms with Crippen molar-refractivity contribution in [3.05, 3.63) is 51.2 Å². The van der Waals surface area contributed by atoms with Crippen molar-refractivity contribution < 1.29 is 4.74 Å². The summed E-state index contributed by atoms with van der Waals surface area (Å²) in [4.78, 5) is 2.81. The first-order valence-corrected chi connectivity index (χ1v) is 8.34. The van der Waals surface area contributed by atoms with Gasteiger partial charge in [0.25, 0.3) is 0 Å². The molecular weight excluding hydrogens is 278 g/mol. The fourth-order valence-electron chi connectivity index (χ4n) is 2.77. The quantitative estimate of drug-likeness (QED) is 0.913. The fraction of sp³-hybridized carbons (Fsp3) is 0.444. The van der Waals surface area contributed by atoms with Crippen LogP contribution in [0.3, 0.4) is 0 Å². The van der Waals surface area contributed by atoms with Crippen LogP contribution in [-0.4, -0.2) is 13.7 Å². The highest BCUT2D eigenvalue weighted by Gasteiger charge is 2.21. The number of rotatable bonds is 3. The summed E-state index contributed by atoms with van der Waals surface area (Å²) in [7, 11) is 2.03. The van der Waals surface area contributed by atoms with Gasteiger partial charge in [-0.3, -0.25) is 0 Å².